The summed E-state index contributed by atoms with van der Waals surface area (Å²) in [6, 6.07) is 0.438. The molecule has 0 spiro atoms. The van der Waals surface area contributed by atoms with Crippen LogP contribution in [0.5, 0.6) is 0 Å². The van der Waals surface area contributed by atoms with Gasteiger partial charge < -0.3 is 9.88 Å². The lowest BCUT2D eigenvalue weighted by Crippen LogP contribution is -2.27. The van der Waals surface area contributed by atoms with Crippen LogP contribution in [0, 0.1) is 5.92 Å². The fraction of sp³-hybridized carbons (Fsp3) is 0.786. The predicted molar refractivity (Wildman–Crippen MR) is 71.0 cm³/mol. The first-order valence-electron chi connectivity index (χ1n) is 7.05. The highest BCUT2D eigenvalue weighted by Crippen LogP contribution is 2.26. The minimum Gasteiger partial charge on any atom is -0.333 e. The van der Waals surface area contributed by atoms with Crippen molar-refractivity contribution in [2.45, 2.75) is 59.0 Å². The lowest BCUT2D eigenvalue weighted by Gasteiger charge is -2.21. The number of aromatic nitrogens is 2. The monoisotopic (exact) mass is 235 g/mol. The minimum atomic E-state index is 0.438. The number of aryl methyl sites for hydroxylation is 2. The van der Waals surface area contributed by atoms with Crippen molar-refractivity contribution in [2.75, 3.05) is 6.54 Å². The maximum Gasteiger partial charge on any atom is 0.126 e. The molecule has 17 heavy (non-hydrogen) atoms. The van der Waals surface area contributed by atoms with E-state index in [4.69, 9.17) is 4.98 Å². The van der Waals surface area contributed by atoms with Gasteiger partial charge in [0.15, 0.2) is 0 Å². The van der Waals surface area contributed by atoms with Crippen LogP contribution in [0.1, 0.15) is 57.6 Å². The van der Waals surface area contributed by atoms with Gasteiger partial charge in [-0.25, -0.2) is 4.98 Å². The van der Waals surface area contributed by atoms with Crippen molar-refractivity contribution in [3.63, 3.8) is 0 Å². The van der Waals surface area contributed by atoms with Gasteiger partial charge in [0, 0.05) is 12.7 Å². The van der Waals surface area contributed by atoms with E-state index in [2.05, 4.69) is 36.9 Å². The van der Waals surface area contributed by atoms with Crippen LogP contribution in [0.15, 0.2) is 6.20 Å². The zero-order valence-electron chi connectivity index (χ0n) is 11.4. The van der Waals surface area contributed by atoms with Crippen LogP contribution in [0.3, 0.4) is 0 Å². The van der Waals surface area contributed by atoms with Crippen LogP contribution in [-0.4, -0.2) is 16.1 Å². The quantitative estimate of drug-likeness (QED) is 0.869. The predicted octanol–water partition coefficient (Wildman–Crippen LogP) is 2.92. The van der Waals surface area contributed by atoms with Crippen molar-refractivity contribution in [3.8, 4) is 0 Å². The molecule has 1 aliphatic heterocycles. The van der Waals surface area contributed by atoms with Gasteiger partial charge in [0.25, 0.3) is 0 Å². The molecule has 0 fully saturated rings. The summed E-state index contributed by atoms with van der Waals surface area (Å²) in [4.78, 5) is 4.85. The fourth-order valence-electron chi connectivity index (χ4n) is 2.58. The molecule has 96 valence electrons. The van der Waals surface area contributed by atoms with E-state index < -0.39 is 0 Å². The third-order valence-electron chi connectivity index (χ3n) is 3.79. The smallest absolute Gasteiger partial charge is 0.126 e. The van der Waals surface area contributed by atoms with Crippen molar-refractivity contribution < 1.29 is 0 Å². The average Bonchev–Trinajstić information content (AvgIpc) is 2.62. The van der Waals surface area contributed by atoms with Gasteiger partial charge in [0.05, 0.1) is 11.7 Å². The van der Waals surface area contributed by atoms with Gasteiger partial charge in [-0.3, -0.25) is 0 Å². The Balaban J connectivity index is 2.26. The highest BCUT2D eigenvalue weighted by atomic mass is 15.1. The van der Waals surface area contributed by atoms with Crippen molar-refractivity contribution in [1.29, 1.82) is 0 Å². The molecule has 0 bridgehead atoms. The number of nitrogens with one attached hydrogen (secondary N) is 1. The molecule has 3 heteroatoms. The molecule has 0 saturated heterocycles. The Kier molecular flexibility index (Phi) is 4.21. The van der Waals surface area contributed by atoms with E-state index in [0.29, 0.717) is 12.0 Å². The first-order valence-corrected chi connectivity index (χ1v) is 7.05. The second kappa shape index (κ2) is 5.67. The number of hydrogen-bond acceptors (Lipinski definition) is 2. The van der Waals surface area contributed by atoms with E-state index >= 15 is 0 Å². The van der Waals surface area contributed by atoms with Crippen molar-refractivity contribution in [1.82, 2.24) is 14.9 Å². The third-order valence-corrected chi connectivity index (χ3v) is 3.79. The molecule has 0 unspecified atom stereocenters. The summed E-state index contributed by atoms with van der Waals surface area (Å²) in [6.07, 6.45) is 6.96. The van der Waals surface area contributed by atoms with Crippen LogP contribution >= 0.6 is 0 Å². The number of nitrogens with zero attached hydrogens (tertiary/aromatic N) is 2. The summed E-state index contributed by atoms with van der Waals surface area (Å²) in [7, 11) is 0. The van der Waals surface area contributed by atoms with Crippen LogP contribution in [0.4, 0.5) is 0 Å². The zero-order chi connectivity index (χ0) is 12.3. The number of imidazole rings is 1. The van der Waals surface area contributed by atoms with Gasteiger partial charge in [-0.2, -0.15) is 0 Å². The Hall–Kier alpha value is -0.830. The van der Waals surface area contributed by atoms with Gasteiger partial charge >= 0.3 is 0 Å². The second-order valence-electron chi connectivity index (χ2n) is 5.20. The molecule has 2 heterocycles. The standard InChI is InChI=1S/C14H25N3/c1-4-7-12-10-17-9-6-8-15-13(11(3)5-2)14(17)16-12/h10-11,13,15H,4-9H2,1-3H3/t11-,13-/m0/s1. The molecule has 0 aliphatic carbocycles. The first kappa shape index (κ1) is 12.6. The Morgan fingerprint density at radius 3 is 3.06 bits per heavy atom. The maximum atomic E-state index is 4.85. The molecule has 2 rings (SSSR count). The van der Waals surface area contributed by atoms with Gasteiger partial charge in [0.1, 0.15) is 5.82 Å². The van der Waals surface area contributed by atoms with Crippen molar-refractivity contribution >= 4 is 0 Å². The third kappa shape index (κ3) is 2.71. The van der Waals surface area contributed by atoms with E-state index in [1.807, 2.05) is 0 Å². The topological polar surface area (TPSA) is 29.9 Å². The van der Waals surface area contributed by atoms with E-state index in [0.717, 1.165) is 19.5 Å². The van der Waals surface area contributed by atoms with E-state index in [-0.39, 0.29) is 0 Å². The van der Waals surface area contributed by atoms with Crippen molar-refractivity contribution in [2.24, 2.45) is 5.92 Å². The van der Waals surface area contributed by atoms with Gasteiger partial charge in [-0.15, -0.1) is 0 Å². The highest BCUT2D eigenvalue weighted by Gasteiger charge is 2.24. The molecule has 1 aromatic rings. The van der Waals surface area contributed by atoms with Crippen LogP contribution in [0.25, 0.3) is 0 Å². The SMILES string of the molecule is CCCc1cn2c(n1)[C@H]([C@@H](C)CC)NCCC2. The Morgan fingerprint density at radius 1 is 1.53 bits per heavy atom. The molecule has 0 saturated carbocycles. The molecule has 1 aromatic heterocycles. The molecule has 0 radical (unpaired) electrons. The Bertz CT molecular complexity index is 356. The summed E-state index contributed by atoms with van der Waals surface area (Å²) in [6.45, 7) is 9.03. The highest BCUT2D eigenvalue weighted by molar-refractivity contribution is 5.10. The van der Waals surface area contributed by atoms with Crippen LogP contribution < -0.4 is 5.32 Å². The molecule has 3 nitrogen and oxygen atoms in total. The normalized spacial score (nSPS) is 21.9. The second-order valence-corrected chi connectivity index (χ2v) is 5.20. The average molecular weight is 235 g/mol. The summed E-state index contributed by atoms with van der Waals surface area (Å²) in [5, 5.41) is 3.66. The van der Waals surface area contributed by atoms with Crippen molar-refractivity contribution in [3.05, 3.63) is 17.7 Å². The lowest BCUT2D eigenvalue weighted by molar-refractivity contribution is 0.370. The maximum absolute atomic E-state index is 4.85. The summed E-state index contributed by atoms with van der Waals surface area (Å²) < 4.78 is 2.38. The van der Waals surface area contributed by atoms with E-state index in [1.165, 1.54) is 30.8 Å². The summed E-state index contributed by atoms with van der Waals surface area (Å²) >= 11 is 0. The van der Waals surface area contributed by atoms with Crippen LogP contribution in [-0.2, 0) is 13.0 Å². The number of hydrogen-bond donors (Lipinski definition) is 1. The Labute approximate surface area is 105 Å². The molecule has 0 aromatic carbocycles. The zero-order valence-corrected chi connectivity index (χ0v) is 11.4. The molecular formula is C14H25N3. The Morgan fingerprint density at radius 2 is 2.35 bits per heavy atom. The molecule has 1 N–H and O–H groups in total. The first-order chi connectivity index (χ1) is 8.26. The van der Waals surface area contributed by atoms with Gasteiger partial charge in [-0.1, -0.05) is 33.6 Å². The largest absolute Gasteiger partial charge is 0.333 e. The molecular weight excluding hydrogens is 210 g/mol. The summed E-state index contributed by atoms with van der Waals surface area (Å²) in [5.74, 6) is 1.92. The molecule has 2 atom stereocenters. The lowest BCUT2D eigenvalue weighted by atomic mass is 9.98. The minimum absolute atomic E-state index is 0.438. The number of rotatable bonds is 4. The fourth-order valence-corrected chi connectivity index (χ4v) is 2.58. The van der Waals surface area contributed by atoms with E-state index in [1.54, 1.807) is 0 Å². The molecule has 0 amide bonds. The van der Waals surface area contributed by atoms with Crippen LogP contribution in [0.2, 0.25) is 0 Å². The van der Waals surface area contributed by atoms with Gasteiger partial charge in [-0.05, 0) is 25.3 Å². The van der Waals surface area contributed by atoms with E-state index in [9.17, 15) is 0 Å². The summed E-state index contributed by atoms with van der Waals surface area (Å²) in [5.41, 5.74) is 1.26. The molecule has 1 aliphatic rings. The number of fused-ring (bicyclic) bond motifs is 1. The van der Waals surface area contributed by atoms with Gasteiger partial charge in [0.2, 0.25) is 0 Å².